The van der Waals surface area contributed by atoms with E-state index in [0.717, 1.165) is 37.7 Å². The first-order valence-electron chi connectivity index (χ1n) is 9.84. The van der Waals surface area contributed by atoms with Crippen LogP contribution in [0.3, 0.4) is 0 Å². The number of nitriles is 1. The molecule has 1 aromatic heterocycles. The second-order valence-corrected chi connectivity index (χ2v) is 8.43. The Bertz CT molecular complexity index is 738. The molecule has 0 radical (unpaired) electrons. The van der Waals surface area contributed by atoms with E-state index in [9.17, 15) is 10.1 Å². The first-order valence-corrected chi connectivity index (χ1v) is 9.84. The highest BCUT2D eigenvalue weighted by Crippen LogP contribution is 2.24. The van der Waals surface area contributed by atoms with Crippen molar-refractivity contribution >= 4 is 17.6 Å². The molecule has 0 aromatic carbocycles. The topological polar surface area (TPSA) is 75.9 Å². The second-order valence-electron chi connectivity index (χ2n) is 8.43. The number of pyridine rings is 1. The van der Waals surface area contributed by atoms with Crippen molar-refractivity contribution in [2.45, 2.75) is 26.4 Å². The minimum absolute atomic E-state index is 0.266. The Kier molecular flexibility index (Phi) is 5.94. The fourth-order valence-electron chi connectivity index (χ4n) is 3.41. The molecule has 28 heavy (non-hydrogen) atoms. The molecule has 0 N–H and O–H groups in total. The summed E-state index contributed by atoms with van der Waals surface area (Å²) in [6.07, 6.45) is -0.266. The van der Waals surface area contributed by atoms with Crippen LogP contribution in [0.25, 0.3) is 0 Å². The third kappa shape index (κ3) is 5.04. The third-order valence-electron chi connectivity index (χ3n) is 5.03. The smallest absolute Gasteiger partial charge is 0.410 e. The summed E-state index contributed by atoms with van der Waals surface area (Å²) in [4.78, 5) is 25.3. The van der Waals surface area contributed by atoms with E-state index in [1.165, 1.54) is 0 Å². The molecule has 2 aliphatic heterocycles. The highest BCUT2D eigenvalue weighted by molar-refractivity contribution is 5.69. The summed E-state index contributed by atoms with van der Waals surface area (Å²) >= 11 is 0. The number of carbonyl (C=O) groups is 1. The molecular weight excluding hydrogens is 356 g/mol. The van der Waals surface area contributed by atoms with Gasteiger partial charge in [0.05, 0.1) is 0 Å². The van der Waals surface area contributed by atoms with Crippen LogP contribution in [0.15, 0.2) is 12.1 Å². The van der Waals surface area contributed by atoms with Gasteiger partial charge in [0.25, 0.3) is 0 Å². The van der Waals surface area contributed by atoms with Crippen LogP contribution in [0, 0.1) is 11.3 Å². The molecular formula is C20H30N6O2. The van der Waals surface area contributed by atoms with Gasteiger partial charge in [-0.15, -0.1) is 0 Å². The highest BCUT2D eigenvalue weighted by atomic mass is 16.6. The largest absolute Gasteiger partial charge is 0.444 e. The van der Waals surface area contributed by atoms with E-state index in [1.807, 2.05) is 26.8 Å². The number of nitrogens with zero attached hydrogens (tertiary/aromatic N) is 6. The van der Waals surface area contributed by atoms with Crippen molar-refractivity contribution in [3.63, 3.8) is 0 Å². The van der Waals surface area contributed by atoms with Crippen LogP contribution in [0.5, 0.6) is 0 Å². The lowest BCUT2D eigenvalue weighted by Crippen LogP contribution is -2.50. The van der Waals surface area contributed by atoms with Crippen molar-refractivity contribution in [1.29, 1.82) is 5.26 Å². The summed E-state index contributed by atoms with van der Waals surface area (Å²) in [5, 5.41) is 9.42. The molecule has 3 heterocycles. The minimum Gasteiger partial charge on any atom is -0.444 e. The molecule has 1 aromatic rings. The van der Waals surface area contributed by atoms with E-state index in [0.29, 0.717) is 31.9 Å². The maximum atomic E-state index is 12.3. The fourth-order valence-corrected chi connectivity index (χ4v) is 3.41. The summed E-state index contributed by atoms with van der Waals surface area (Å²) in [5.74, 6) is 0.858. The van der Waals surface area contributed by atoms with Crippen LogP contribution in [0.2, 0.25) is 0 Å². The number of hydrogen-bond donors (Lipinski definition) is 0. The van der Waals surface area contributed by atoms with Crippen molar-refractivity contribution in [1.82, 2.24) is 14.8 Å². The van der Waals surface area contributed by atoms with Crippen molar-refractivity contribution in [3.05, 3.63) is 17.8 Å². The standard InChI is InChI=1S/C20H30N6O2/c1-20(2,3)28-19(27)26-11-9-24(10-12-26)17-13-16(15-21)22-18(14-17)25-7-5-23(4)6-8-25/h13-14H,5-12H2,1-4H3. The van der Waals surface area contributed by atoms with Crippen LogP contribution < -0.4 is 9.80 Å². The lowest BCUT2D eigenvalue weighted by Gasteiger charge is -2.37. The van der Waals surface area contributed by atoms with Gasteiger partial charge in [-0.1, -0.05) is 0 Å². The molecule has 0 aliphatic carbocycles. The van der Waals surface area contributed by atoms with Crippen molar-refractivity contribution in [2.24, 2.45) is 0 Å². The molecule has 2 aliphatic rings. The normalized spacial score (nSPS) is 18.8. The molecule has 8 heteroatoms. The summed E-state index contributed by atoms with van der Waals surface area (Å²) in [7, 11) is 2.12. The van der Waals surface area contributed by atoms with Gasteiger partial charge in [0.2, 0.25) is 0 Å². The first-order chi connectivity index (χ1) is 13.2. The maximum absolute atomic E-state index is 12.3. The highest BCUT2D eigenvalue weighted by Gasteiger charge is 2.26. The van der Waals surface area contributed by atoms with E-state index in [-0.39, 0.29) is 6.09 Å². The zero-order valence-corrected chi connectivity index (χ0v) is 17.3. The summed E-state index contributed by atoms with van der Waals surface area (Å²) in [6, 6.07) is 6.09. The number of rotatable bonds is 2. The molecule has 2 fully saturated rings. The van der Waals surface area contributed by atoms with Gasteiger partial charge in [-0.25, -0.2) is 9.78 Å². The Morgan fingerprint density at radius 3 is 2.21 bits per heavy atom. The zero-order valence-electron chi connectivity index (χ0n) is 17.3. The Balaban J connectivity index is 1.68. The van der Waals surface area contributed by atoms with Gasteiger partial charge in [0, 0.05) is 64.1 Å². The van der Waals surface area contributed by atoms with Crippen molar-refractivity contribution in [2.75, 3.05) is 69.2 Å². The van der Waals surface area contributed by atoms with Crippen LogP contribution in [0.1, 0.15) is 26.5 Å². The van der Waals surface area contributed by atoms with E-state index in [2.05, 4.69) is 38.9 Å². The predicted octanol–water partition coefficient (Wildman–Crippen LogP) is 1.76. The van der Waals surface area contributed by atoms with Crippen LogP contribution in [-0.2, 0) is 4.74 Å². The maximum Gasteiger partial charge on any atom is 0.410 e. The number of carbonyl (C=O) groups excluding carboxylic acids is 1. The van der Waals surface area contributed by atoms with Gasteiger partial charge in [0.15, 0.2) is 0 Å². The number of likely N-dealkylation sites (N-methyl/N-ethyl adjacent to an activating group) is 1. The van der Waals surface area contributed by atoms with E-state index in [4.69, 9.17) is 4.74 Å². The lowest BCUT2D eigenvalue weighted by atomic mass is 10.2. The predicted molar refractivity (Wildman–Crippen MR) is 109 cm³/mol. The Hall–Kier alpha value is -2.53. The zero-order chi connectivity index (χ0) is 20.3. The number of aromatic nitrogens is 1. The number of ether oxygens (including phenoxy) is 1. The average Bonchev–Trinajstić information content (AvgIpc) is 2.67. The SMILES string of the molecule is CN1CCN(c2cc(N3CCN(C(=O)OC(C)(C)C)CC3)cc(C#N)n2)CC1. The Morgan fingerprint density at radius 1 is 1.04 bits per heavy atom. The van der Waals surface area contributed by atoms with Crippen LogP contribution in [0.4, 0.5) is 16.3 Å². The van der Waals surface area contributed by atoms with Crippen molar-refractivity contribution < 1.29 is 9.53 Å². The molecule has 0 atom stereocenters. The van der Waals surface area contributed by atoms with Gasteiger partial charge in [-0.05, 0) is 33.9 Å². The summed E-state index contributed by atoms with van der Waals surface area (Å²) in [5.41, 5.74) is 0.934. The molecule has 8 nitrogen and oxygen atoms in total. The Morgan fingerprint density at radius 2 is 1.64 bits per heavy atom. The number of amides is 1. The minimum atomic E-state index is -0.488. The van der Waals surface area contributed by atoms with Crippen molar-refractivity contribution in [3.8, 4) is 6.07 Å². The molecule has 0 bridgehead atoms. The Labute approximate surface area is 167 Å². The number of anilines is 2. The fraction of sp³-hybridized carbons (Fsp3) is 0.650. The van der Waals surface area contributed by atoms with E-state index < -0.39 is 5.60 Å². The third-order valence-corrected chi connectivity index (χ3v) is 5.03. The molecule has 0 saturated carbocycles. The van der Waals surface area contributed by atoms with Gasteiger partial charge >= 0.3 is 6.09 Å². The molecule has 2 saturated heterocycles. The van der Waals surface area contributed by atoms with Gasteiger partial charge in [-0.3, -0.25) is 0 Å². The molecule has 0 unspecified atom stereocenters. The van der Waals surface area contributed by atoms with Gasteiger partial charge in [0.1, 0.15) is 23.2 Å². The van der Waals surface area contributed by atoms with Gasteiger partial charge in [-0.2, -0.15) is 5.26 Å². The number of piperazine rings is 2. The first kappa shape index (κ1) is 20.2. The molecule has 152 valence electrons. The molecule has 0 spiro atoms. The van der Waals surface area contributed by atoms with Crippen LogP contribution in [-0.4, -0.2) is 85.9 Å². The average molecular weight is 387 g/mol. The summed E-state index contributed by atoms with van der Waals surface area (Å²) < 4.78 is 5.47. The van der Waals surface area contributed by atoms with Gasteiger partial charge < -0.3 is 24.3 Å². The monoisotopic (exact) mass is 386 g/mol. The number of hydrogen-bond acceptors (Lipinski definition) is 7. The van der Waals surface area contributed by atoms with E-state index >= 15 is 0 Å². The van der Waals surface area contributed by atoms with Crippen LogP contribution >= 0.6 is 0 Å². The van der Waals surface area contributed by atoms with E-state index in [1.54, 1.807) is 4.90 Å². The summed E-state index contributed by atoms with van der Waals surface area (Å²) in [6.45, 7) is 12.0. The second kappa shape index (κ2) is 8.23. The molecule has 1 amide bonds. The quantitative estimate of drug-likeness (QED) is 0.767. The lowest BCUT2D eigenvalue weighted by molar-refractivity contribution is 0.0240. The molecule has 3 rings (SSSR count).